The van der Waals surface area contributed by atoms with E-state index >= 15 is 0 Å². The van der Waals surface area contributed by atoms with Gasteiger partial charge in [-0.05, 0) is 31.2 Å². The summed E-state index contributed by atoms with van der Waals surface area (Å²) in [6.07, 6.45) is 10.6. The lowest BCUT2D eigenvalue weighted by Crippen LogP contribution is -2.62. The molecule has 1 fully saturated rings. The molecule has 0 spiro atoms. The first-order chi connectivity index (χ1) is 14.5. The van der Waals surface area contributed by atoms with E-state index < -0.39 is 0 Å². The van der Waals surface area contributed by atoms with Crippen LogP contribution >= 0.6 is 11.6 Å². The van der Waals surface area contributed by atoms with E-state index in [2.05, 4.69) is 32.2 Å². The zero-order valence-electron chi connectivity index (χ0n) is 16.2. The molecule has 1 N–H and O–H groups in total. The Kier molecular flexibility index (Phi) is 5.58. The molecule has 0 bridgehead atoms. The van der Waals surface area contributed by atoms with Gasteiger partial charge in [-0.25, -0.2) is 15.0 Å². The summed E-state index contributed by atoms with van der Waals surface area (Å²) in [5.41, 5.74) is 1.22. The first-order valence-corrected chi connectivity index (χ1v) is 9.63. The maximum absolute atomic E-state index is 10.4. The number of rotatable bonds is 7. The standard InChI is InChI=1S/C21H19ClN6O2/c1-21(13-28(14-21)6-3-7-29)27-19-12-23-11-18(26-19)15-9-24-20(25-10-15)30-17-5-2-4-16(22)8-17/h2-12H,13-14H2,1H3,(H,26,27). The molecule has 0 aliphatic carbocycles. The number of allylic oxidation sites excluding steroid dienone is 1. The predicted molar refractivity (Wildman–Crippen MR) is 113 cm³/mol. The molecule has 8 nitrogen and oxygen atoms in total. The summed E-state index contributed by atoms with van der Waals surface area (Å²) in [6, 6.07) is 7.24. The second-order valence-electron chi connectivity index (χ2n) is 7.17. The Balaban J connectivity index is 1.42. The van der Waals surface area contributed by atoms with Crippen LogP contribution in [-0.4, -0.2) is 49.8 Å². The van der Waals surface area contributed by atoms with Crippen LogP contribution in [0.2, 0.25) is 5.02 Å². The molecule has 0 amide bonds. The minimum atomic E-state index is -0.147. The molecule has 9 heteroatoms. The highest BCUT2D eigenvalue weighted by Gasteiger charge is 2.37. The number of nitrogens with one attached hydrogen (secondary N) is 1. The summed E-state index contributed by atoms with van der Waals surface area (Å²) in [4.78, 5) is 29.9. The Labute approximate surface area is 178 Å². The third-order valence-corrected chi connectivity index (χ3v) is 4.71. The first-order valence-electron chi connectivity index (χ1n) is 9.25. The summed E-state index contributed by atoms with van der Waals surface area (Å²) in [5.74, 6) is 1.22. The van der Waals surface area contributed by atoms with E-state index in [0.29, 0.717) is 22.3 Å². The summed E-state index contributed by atoms with van der Waals surface area (Å²) in [7, 11) is 0. The number of hydrogen-bond donors (Lipinski definition) is 1. The Morgan fingerprint density at radius 1 is 1.20 bits per heavy atom. The molecule has 0 saturated carbocycles. The van der Waals surface area contributed by atoms with Crippen LogP contribution in [0.3, 0.4) is 0 Å². The molecule has 1 aromatic carbocycles. The summed E-state index contributed by atoms with van der Waals surface area (Å²) in [5, 5.41) is 3.98. The van der Waals surface area contributed by atoms with E-state index in [9.17, 15) is 4.79 Å². The van der Waals surface area contributed by atoms with E-state index in [4.69, 9.17) is 16.3 Å². The number of nitrogens with zero attached hydrogens (tertiary/aromatic N) is 5. The topological polar surface area (TPSA) is 93.1 Å². The van der Waals surface area contributed by atoms with Gasteiger partial charge in [0.1, 0.15) is 17.9 Å². The first kappa shape index (κ1) is 19.8. The number of carbonyl (C=O) groups excluding carboxylic acids is 1. The molecule has 152 valence electrons. The molecule has 3 aromatic rings. The van der Waals surface area contributed by atoms with E-state index in [1.54, 1.807) is 55.3 Å². The van der Waals surface area contributed by atoms with E-state index in [1.165, 1.54) is 6.08 Å². The molecule has 0 radical (unpaired) electrons. The van der Waals surface area contributed by atoms with Gasteiger partial charge in [-0.3, -0.25) is 9.78 Å². The van der Waals surface area contributed by atoms with Crippen molar-refractivity contribution in [1.29, 1.82) is 0 Å². The number of carbonyl (C=O) groups is 1. The van der Waals surface area contributed by atoms with Crippen molar-refractivity contribution in [3.05, 3.63) is 66.4 Å². The van der Waals surface area contributed by atoms with Crippen LogP contribution in [-0.2, 0) is 4.79 Å². The highest BCUT2D eigenvalue weighted by molar-refractivity contribution is 6.30. The quantitative estimate of drug-likeness (QED) is 0.456. The molecular weight excluding hydrogens is 404 g/mol. The lowest BCUT2D eigenvalue weighted by Gasteiger charge is -2.48. The minimum Gasteiger partial charge on any atom is -0.424 e. The van der Waals surface area contributed by atoms with Crippen molar-refractivity contribution in [2.24, 2.45) is 0 Å². The van der Waals surface area contributed by atoms with Gasteiger partial charge in [-0.15, -0.1) is 0 Å². The number of anilines is 1. The molecule has 3 heterocycles. The molecule has 0 unspecified atom stereocenters. The number of ether oxygens (including phenoxy) is 1. The van der Waals surface area contributed by atoms with Gasteiger partial charge in [-0.2, -0.15) is 0 Å². The van der Waals surface area contributed by atoms with E-state index in [0.717, 1.165) is 24.9 Å². The third-order valence-electron chi connectivity index (χ3n) is 4.47. The van der Waals surface area contributed by atoms with E-state index in [-0.39, 0.29) is 11.5 Å². The van der Waals surface area contributed by atoms with Gasteiger partial charge in [0, 0.05) is 42.3 Å². The number of hydrogen-bond acceptors (Lipinski definition) is 8. The number of benzene rings is 1. The van der Waals surface area contributed by atoms with Gasteiger partial charge in [-0.1, -0.05) is 17.7 Å². The third kappa shape index (κ3) is 4.72. The Hall–Kier alpha value is -3.52. The molecule has 1 aliphatic rings. The van der Waals surface area contributed by atoms with Crippen LogP contribution in [0.5, 0.6) is 11.8 Å². The molecule has 0 atom stereocenters. The minimum absolute atomic E-state index is 0.147. The van der Waals surface area contributed by atoms with Crippen LogP contribution in [0.25, 0.3) is 11.3 Å². The molecule has 30 heavy (non-hydrogen) atoms. The maximum Gasteiger partial charge on any atom is 0.321 e. The van der Waals surface area contributed by atoms with Crippen LogP contribution in [0, 0.1) is 0 Å². The van der Waals surface area contributed by atoms with Crippen molar-refractivity contribution >= 4 is 23.7 Å². The normalized spacial score (nSPS) is 14.9. The second kappa shape index (κ2) is 8.46. The molecular formula is C21H19ClN6O2. The monoisotopic (exact) mass is 422 g/mol. The SMILES string of the molecule is CC1(Nc2cncc(-c3cnc(Oc4cccc(Cl)c4)nc3)n2)CN(C=CC=O)C1. The Bertz CT molecular complexity index is 1070. The highest BCUT2D eigenvalue weighted by atomic mass is 35.5. The van der Waals surface area contributed by atoms with Crippen molar-refractivity contribution < 1.29 is 9.53 Å². The van der Waals surface area contributed by atoms with Gasteiger partial charge >= 0.3 is 6.01 Å². The van der Waals surface area contributed by atoms with Gasteiger partial charge in [0.05, 0.1) is 23.6 Å². The summed E-state index contributed by atoms with van der Waals surface area (Å²) < 4.78 is 5.61. The lowest BCUT2D eigenvalue weighted by molar-refractivity contribution is -0.104. The van der Waals surface area contributed by atoms with Gasteiger partial charge in [0.2, 0.25) is 0 Å². The smallest absolute Gasteiger partial charge is 0.321 e. The molecule has 4 rings (SSSR count). The van der Waals surface area contributed by atoms with Gasteiger partial charge < -0.3 is 15.0 Å². The van der Waals surface area contributed by atoms with E-state index in [1.807, 2.05) is 4.90 Å². The highest BCUT2D eigenvalue weighted by Crippen LogP contribution is 2.26. The number of likely N-dealkylation sites (tertiary alicyclic amines) is 1. The summed E-state index contributed by atoms with van der Waals surface area (Å²) >= 11 is 5.96. The fourth-order valence-corrected chi connectivity index (χ4v) is 3.38. The number of aromatic nitrogens is 4. The van der Waals surface area contributed by atoms with Crippen LogP contribution in [0.1, 0.15) is 6.92 Å². The van der Waals surface area contributed by atoms with Gasteiger partial charge in [0.15, 0.2) is 0 Å². The van der Waals surface area contributed by atoms with Crippen molar-refractivity contribution in [3.8, 4) is 23.0 Å². The zero-order chi connectivity index (χ0) is 21.0. The zero-order valence-corrected chi connectivity index (χ0v) is 17.0. The van der Waals surface area contributed by atoms with Gasteiger partial charge in [0.25, 0.3) is 0 Å². The van der Waals surface area contributed by atoms with Crippen LogP contribution < -0.4 is 10.1 Å². The van der Waals surface area contributed by atoms with Crippen LogP contribution in [0.4, 0.5) is 5.82 Å². The fraction of sp³-hybridized carbons (Fsp3) is 0.190. The van der Waals surface area contributed by atoms with Crippen molar-refractivity contribution in [2.45, 2.75) is 12.5 Å². The van der Waals surface area contributed by atoms with Crippen LogP contribution in [0.15, 0.2) is 61.3 Å². The second-order valence-corrected chi connectivity index (χ2v) is 7.61. The largest absolute Gasteiger partial charge is 0.424 e. The molecule has 2 aromatic heterocycles. The lowest BCUT2D eigenvalue weighted by atomic mass is 9.93. The molecule has 1 aliphatic heterocycles. The van der Waals surface area contributed by atoms with Crippen molar-refractivity contribution in [1.82, 2.24) is 24.8 Å². The van der Waals surface area contributed by atoms with Crippen molar-refractivity contribution in [3.63, 3.8) is 0 Å². The Morgan fingerprint density at radius 3 is 2.73 bits per heavy atom. The number of halogens is 1. The van der Waals surface area contributed by atoms with Crippen molar-refractivity contribution in [2.75, 3.05) is 18.4 Å². The number of aldehydes is 1. The average Bonchev–Trinajstić information content (AvgIpc) is 2.71. The average molecular weight is 423 g/mol. The maximum atomic E-state index is 10.4. The predicted octanol–water partition coefficient (Wildman–Crippen LogP) is 3.58. The Morgan fingerprint density at radius 2 is 2.00 bits per heavy atom. The summed E-state index contributed by atoms with van der Waals surface area (Å²) in [6.45, 7) is 3.63. The fourth-order valence-electron chi connectivity index (χ4n) is 3.20. The molecule has 1 saturated heterocycles.